The number of aliphatic imine (C=N–C) groups is 1. The summed E-state index contributed by atoms with van der Waals surface area (Å²) in [5.74, 6) is 1.75. The molecule has 2 rings (SSSR count). The minimum absolute atomic E-state index is 0. The van der Waals surface area contributed by atoms with Crippen LogP contribution in [0.3, 0.4) is 0 Å². The van der Waals surface area contributed by atoms with Gasteiger partial charge in [-0.2, -0.15) is 13.2 Å². The van der Waals surface area contributed by atoms with E-state index in [1.807, 2.05) is 9.80 Å². The Kier molecular flexibility index (Phi) is 10.3. The molecule has 2 atom stereocenters. The third-order valence-electron chi connectivity index (χ3n) is 5.16. The third-order valence-corrected chi connectivity index (χ3v) is 5.16. The summed E-state index contributed by atoms with van der Waals surface area (Å²) in [6, 6.07) is 0. The van der Waals surface area contributed by atoms with Crippen molar-refractivity contribution in [3.63, 3.8) is 0 Å². The van der Waals surface area contributed by atoms with Gasteiger partial charge in [0.05, 0.1) is 13.0 Å². The molecule has 2 aliphatic heterocycles. The predicted molar refractivity (Wildman–Crippen MR) is 115 cm³/mol. The molecule has 1 amide bonds. The van der Waals surface area contributed by atoms with Crippen LogP contribution in [0.1, 0.15) is 26.7 Å². The van der Waals surface area contributed by atoms with Crippen molar-refractivity contribution in [1.29, 1.82) is 0 Å². The van der Waals surface area contributed by atoms with Crippen LogP contribution in [0.25, 0.3) is 0 Å². The summed E-state index contributed by atoms with van der Waals surface area (Å²) in [5.41, 5.74) is 0. The summed E-state index contributed by atoms with van der Waals surface area (Å²) in [6.45, 7) is 8.95. The van der Waals surface area contributed by atoms with Gasteiger partial charge < -0.3 is 15.1 Å². The molecule has 2 heterocycles. The third kappa shape index (κ3) is 8.30. The Balaban J connectivity index is 0.00000392. The van der Waals surface area contributed by atoms with Gasteiger partial charge in [0, 0.05) is 52.9 Å². The van der Waals surface area contributed by atoms with Crippen molar-refractivity contribution in [3.05, 3.63) is 0 Å². The monoisotopic (exact) mass is 519 g/mol. The Morgan fingerprint density at radius 3 is 2.14 bits per heavy atom. The van der Waals surface area contributed by atoms with E-state index in [2.05, 4.69) is 29.1 Å². The maximum absolute atomic E-state index is 12.6. The minimum Gasteiger partial charge on any atom is -0.356 e. The lowest BCUT2D eigenvalue weighted by Gasteiger charge is -2.39. The molecule has 0 aliphatic carbocycles. The van der Waals surface area contributed by atoms with Gasteiger partial charge in [0.1, 0.15) is 0 Å². The van der Waals surface area contributed by atoms with Crippen LogP contribution >= 0.6 is 24.0 Å². The number of hydrogen-bond donors (Lipinski definition) is 1. The highest BCUT2D eigenvalue weighted by Crippen LogP contribution is 2.21. The summed E-state index contributed by atoms with van der Waals surface area (Å²) in [5, 5.41) is 2.77. The van der Waals surface area contributed by atoms with Crippen LogP contribution in [0.4, 0.5) is 13.2 Å². The highest BCUT2D eigenvalue weighted by atomic mass is 127. The van der Waals surface area contributed by atoms with E-state index in [4.69, 9.17) is 0 Å². The lowest BCUT2D eigenvalue weighted by molar-refractivity contribution is -0.135. The molecular formula is C18H33F3IN5O. The second-order valence-electron chi connectivity index (χ2n) is 7.85. The smallest absolute Gasteiger partial charge is 0.356 e. The van der Waals surface area contributed by atoms with Crippen LogP contribution in [0, 0.1) is 11.8 Å². The zero-order valence-electron chi connectivity index (χ0n) is 17.0. The van der Waals surface area contributed by atoms with Crippen molar-refractivity contribution in [2.75, 3.05) is 59.4 Å². The lowest BCUT2D eigenvalue weighted by Crippen LogP contribution is -2.55. The standard InChI is InChI=1S/C18H32F3N5O.HI/c1-14-10-15(2)12-26(11-14)16(27)13-24-6-8-25(9-7-24)17(22-3)23-5-4-18(19,20)21;/h14-15H,4-13H2,1-3H3,(H,22,23);1H. The van der Waals surface area contributed by atoms with Gasteiger partial charge in [-0.05, 0) is 18.3 Å². The number of carbonyl (C=O) groups is 1. The minimum atomic E-state index is -4.17. The van der Waals surface area contributed by atoms with Crippen LogP contribution in [-0.4, -0.2) is 92.1 Å². The van der Waals surface area contributed by atoms with E-state index in [1.54, 1.807) is 7.05 Å². The first kappa shape index (κ1) is 25.3. The average molecular weight is 519 g/mol. The van der Waals surface area contributed by atoms with Crippen molar-refractivity contribution in [1.82, 2.24) is 20.0 Å². The fraction of sp³-hybridized carbons (Fsp3) is 0.889. The fourth-order valence-electron chi connectivity index (χ4n) is 3.92. The summed E-state index contributed by atoms with van der Waals surface area (Å²) in [6.07, 6.45) is -3.88. The van der Waals surface area contributed by atoms with Gasteiger partial charge in [-0.3, -0.25) is 14.7 Å². The molecule has 0 aromatic rings. The molecule has 6 nitrogen and oxygen atoms in total. The van der Waals surface area contributed by atoms with Gasteiger partial charge in [0.25, 0.3) is 0 Å². The zero-order chi connectivity index (χ0) is 20.0. The Labute approximate surface area is 182 Å². The molecule has 0 saturated carbocycles. The topological polar surface area (TPSA) is 51.2 Å². The van der Waals surface area contributed by atoms with E-state index in [-0.39, 0.29) is 36.4 Å². The van der Waals surface area contributed by atoms with E-state index in [0.717, 1.165) is 13.1 Å². The molecule has 0 radical (unpaired) electrons. The Morgan fingerprint density at radius 1 is 1.07 bits per heavy atom. The van der Waals surface area contributed by atoms with Crippen molar-refractivity contribution in [3.8, 4) is 0 Å². The quantitative estimate of drug-likeness (QED) is 0.352. The van der Waals surface area contributed by atoms with Gasteiger partial charge >= 0.3 is 6.18 Å². The van der Waals surface area contributed by atoms with Crippen molar-refractivity contribution >= 4 is 35.8 Å². The van der Waals surface area contributed by atoms with E-state index in [0.29, 0.717) is 50.5 Å². The first-order chi connectivity index (χ1) is 12.7. The molecule has 10 heteroatoms. The maximum Gasteiger partial charge on any atom is 0.390 e. The van der Waals surface area contributed by atoms with Crippen LogP contribution in [0.5, 0.6) is 0 Å². The Bertz CT molecular complexity index is 514. The lowest BCUT2D eigenvalue weighted by atomic mass is 9.92. The number of carbonyl (C=O) groups excluding carboxylic acids is 1. The molecule has 2 unspecified atom stereocenters. The summed E-state index contributed by atoms with van der Waals surface area (Å²) < 4.78 is 36.9. The van der Waals surface area contributed by atoms with Crippen LogP contribution < -0.4 is 5.32 Å². The average Bonchev–Trinajstić information content (AvgIpc) is 2.58. The van der Waals surface area contributed by atoms with Gasteiger partial charge in [-0.25, -0.2) is 0 Å². The SMILES string of the molecule is CN=C(NCCC(F)(F)F)N1CCN(CC(=O)N2CC(C)CC(C)C2)CC1.I. The molecule has 0 spiro atoms. The Morgan fingerprint density at radius 2 is 1.64 bits per heavy atom. The molecule has 0 bridgehead atoms. The first-order valence-electron chi connectivity index (χ1n) is 9.70. The zero-order valence-corrected chi connectivity index (χ0v) is 19.3. The van der Waals surface area contributed by atoms with E-state index < -0.39 is 12.6 Å². The van der Waals surface area contributed by atoms with Gasteiger partial charge in [0.2, 0.25) is 5.91 Å². The highest BCUT2D eigenvalue weighted by Gasteiger charge is 2.29. The number of piperazine rings is 1. The van der Waals surface area contributed by atoms with Crippen molar-refractivity contribution in [2.45, 2.75) is 32.9 Å². The number of halogens is 4. The number of nitrogens with one attached hydrogen (secondary N) is 1. The molecular weight excluding hydrogens is 486 g/mol. The van der Waals surface area contributed by atoms with E-state index in [1.165, 1.54) is 6.42 Å². The van der Waals surface area contributed by atoms with Crippen molar-refractivity contribution in [2.24, 2.45) is 16.8 Å². The maximum atomic E-state index is 12.6. The number of hydrogen-bond acceptors (Lipinski definition) is 3. The molecule has 2 aliphatic rings. The van der Waals surface area contributed by atoms with Gasteiger partial charge in [-0.15, -0.1) is 24.0 Å². The normalized spacial score (nSPS) is 24.7. The fourth-order valence-corrected chi connectivity index (χ4v) is 3.92. The Hall–Kier alpha value is -0.780. The molecule has 0 aromatic carbocycles. The number of nitrogens with zero attached hydrogens (tertiary/aromatic N) is 4. The number of amides is 1. The molecule has 2 saturated heterocycles. The van der Waals surface area contributed by atoms with Crippen LogP contribution in [0.15, 0.2) is 4.99 Å². The molecule has 164 valence electrons. The number of rotatable bonds is 4. The second kappa shape index (κ2) is 11.4. The molecule has 1 N–H and O–H groups in total. The van der Waals surface area contributed by atoms with Gasteiger partial charge in [0.15, 0.2) is 5.96 Å². The van der Waals surface area contributed by atoms with Crippen LogP contribution in [-0.2, 0) is 4.79 Å². The summed E-state index contributed by atoms with van der Waals surface area (Å²) >= 11 is 0. The molecule has 0 aromatic heterocycles. The molecule has 2 fully saturated rings. The number of alkyl halides is 3. The largest absolute Gasteiger partial charge is 0.390 e. The van der Waals surface area contributed by atoms with Crippen molar-refractivity contribution < 1.29 is 18.0 Å². The summed E-state index contributed by atoms with van der Waals surface area (Å²) in [7, 11) is 1.57. The van der Waals surface area contributed by atoms with E-state index in [9.17, 15) is 18.0 Å². The van der Waals surface area contributed by atoms with Gasteiger partial charge in [-0.1, -0.05) is 13.8 Å². The number of guanidine groups is 1. The predicted octanol–water partition coefficient (Wildman–Crippen LogP) is 2.25. The number of likely N-dealkylation sites (tertiary alicyclic amines) is 1. The van der Waals surface area contributed by atoms with Crippen LogP contribution in [0.2, 0.25) is 0 Å². The van der Waals surface area contributed by atoms with E-state index >= 15 is 0 Å². The second-order valence-corrected chi connectivity index (χ2v) is 7.85. The highest BCUT2D eigenvalue weighted by molar-refractivity contribution is 14.0. The number of piperidine rings is 1. The summed E-state index contributed by atoms with van der Waals surface area (Å²) in [4.78, 5) is 22.7. The molecule has 28 heavy (non-hydrogen) atoms. The first-order valence-corrected chi connectivity index (χ1v) is 9.70.